The van der Waals surface area contributed by atoms with Gasteiger partial charge in [-0.2, -0.15) is 0 Å². The van der Waals surface area contributed by atoms with E-state index in [4.69, 9.17) is 9.97 Å². The Morgan fingerprint density at radius 2 is 0.431 bits per heavy atom. The zero-order chi connectivity index (χ0) is 95.1. The van der Waals surface area contributed by atoms with Gasteiger partial charge in [0.05, 0.1) is 67.1 Å². The number of benzene rings is 21. The van der Waals surface area contributed by atoms with E-state index in [1.807, 2.05) is 0 Å². The first-order valence-electron chi connectivity index (χ1n) is 49.6. The van der Waals surface area contributed by atoms with Crippen LogP contribution in [0.25, 0.3) is 222 Å². The molecule has 6 heteroatoms. The Morgan fingerprint density at radius 3 is 0.806 bits per heavy atom. The van der Waals surface area contributed by atoms with E-state index < -0.39 is 0 Å². The van der Waals surface area contributed by atoms with Crippen molar-refractivity contribution in [3.63, 3.8) is 0 Å². The number of para-hydroxylation sites is 6. The lowest BCUT2D eigenvalue weighted by Crippen LogP contribution is -2.09. The number of aromatic nitrogens is 6. The lowest BCUT2D eigenvalue weighted by atomic mass is 9.80. The van der Waals surface area contributed by atoms with Crippen LogP contribution in [0.2, 0.25) is 0 Å². The summed E-state index contributed by atoms with van der Waals surface area (Å²) in [6.45, 7) is 0. The predicted octanol–water partition coefficient (Wildman–Crippen LogP) is 35.9. The Balaban J connectivity index is 0.000000109. The van der Waals surface area contributed by atoms with Gasteiger partial charge in [0.1, 0.15) is 5.82 Å². The summed E-state index contributed by atoms with van der Waals surface area (Å²) in [6.07, 6.45) is 0. The quantitative estimate of drug-likeness (QED) is 0.109. The number of rotatable bonds is 14. The minimum Gasteiger partial charge on any atom is -0.307 e. The normalized spacial score (nSPS) is 12.9. The summed E-state index contributed by atoms with van der Waals surface area (Å²) in [6, 6.07) is 197. The molecule has 2 atom stereocenters. The molecule has 2 unspecified atom stereocenters. The molecule has 0 amide bonds. The van der Waals surface area contributed by atoms with Crippen LogP contribution in [0, 0.1) is 0 Å². The molecule has 2 aliphatic rings. The van der Waals surface area contributed by atoms with Crippen LogP contribution in [0.3, 0.4) is 0 Å². The highest BCUT2D eigenvalue weighted by atomic mass is 15.1. The van der Waals surface area contributed by atoms with Crippen LogP contribution in [0.5, 0.6) is 0 Å². The van der Waals surface area contributed by atoms with Crippen molar-refractivity contribution in [2.45, 2.75) is 11.8 Å². The molecule has 2 aliphatic carbocycles. The second kappa shape index (κ2) is 35.8. The fourth-order valence-corrected chi connectivity index (χ4v) is 23.1. The molecule has 27 aromatic rings. The van der Waals surface area contributed by atoms with Crippen LogP contribution in [0.15, 0.2) is 546 Å². The van der Waals surface area contributed by atoms with Gasteiger partial charge in [0.25, 0.3) is 0 Å². The molecule has 21 aromatic carbocycles. The van der Waals surface area contributed by atoms with E-state index in [1.54, 1.807) is 0 Å². The van der Waals surface area contributed by atoms with Crippen molar-refractivity contribution in [3.8, 4) is 134 Å². The third-order valence-electron chi connectivity index (χ3n) is 29.4. The van der Waals surface area contributed by atoms with Crippen molar-refractivity contribution >= 4 is 87.2 Å². The van der Waals surface area contributed by atoms with Crippen molar-refractivity contribution < 1.29 is 0 Å². The number of hydrogen-bond donors (Lipinski definition) is 0. The van der Waals surface area contributed by atoms with Gasteiger partial charge in [0, 0.05) is 77.2 Å². The fraction of sp³-hybridized carbons (Fsp3) is 0.0145. The summed E-state index contributed by atoms with van der Waals surface area (Å²) in [5.41, 5.74) is 44.5. The number of fused-ring (bicyclic) bond motifs is 21. The van der Waals surface area contributed by atoms with Gasteiger partial charge in [-0.3, -0.25) is 9.55 Å². The maximum absolute atomic E-state index is 5.59. The van der Waals surface area contributed by atoms with E-state index >= 15 is 0 Å². The molecule has 6 heterocycles. The van der Waals surface area contributed by atoms with Crippen LogP contribution in [0.1, 0.15) is 45.3 Å². The van der Waals surface area contributed by atoms with Gasteiger partial charge in [-0.25, -0.2) is 4.98 Å². The van der Waals surface area contributed by atoms with Crippen molar-refractivity contribution in [3.05, 3.63) is 579 Å². The van der Waals surface area contributed by atoms with Gasteiger partial charge in [-0.1, -0.05) is 449 Å². The summed E-state index contributed by atoms with van der Waals surface area (Å²) in [5, 5.41) is 9.89. The second-order valence-corrected chi connectivity index (χ2v) is 37.6. The summed E-state index contributed by atoms with van der Waals surface area (Å²) >= 11 is 0. The Kier molecular flexibility index (Phi) is 21.0. The topological polar surface area (TPSA) is 45.5 Å². The van der Waals surface area contributed by atoms with Crippen LogP contribution in [0.4, 0.5) is 0 Å². The Morgan fingerprint density at radius 1 is 0.160 bits per heavy atom. The minimum absolute atomic E-state index is 0.0324. The highest BCUT2D eigenvalue weighted by Gasteiger charge is 2.42. The summed E-state index contributed by atoms with van der Waals surface area (Å²) in [7, 11) is 0. The molecule has 0 N–H and O–H groups in total. The summed E-state index contributed by atoms with van der Waals surface area (Å²) < 4.78 is 9.73. The molecule has 0 saturated heterocycles. The van der Waals surface area contributed by atoms with E-state index in [-0.39, 0.29) is 11.8 Å². The molecule has 0 radical (unpaired) electrons. The Hall–Kier alpha value is -18.9. The number of hydrogen-bond acceptors (Lipinski definition) is 2. The van der Waals surface area contributed by atoms with E-state index in [0.29, 0.717) is 0 Å². The average molecular weight is 1830 g/mol. The van der Waals surface area contributed by atoms with Crippen molar-refractivity contribution in [1.82, 2.24) is 28.2 Å². The zero-order valence-corrected chi connectivity index (χ0v) is 78.8. The molecule has 6 nitrogen and oxygen atoms in total. The fourth-order valence-electron chi connectivity index (χ4n) is 23.1. The lowest BCUT2D eigenvalue weighted by Gasteiger charge is -2.24. The molecule has 0 bridgehead atoms. The van der Waals surface area contributed by atoms with Crippen LogP contribution in [-0.2, 0) is 0 Å². The SMILES string of the molecule is c1ccc(-c2cc(-c3ccccc3)cc(-n3c4ccccc4c4ccc5c6ccccc6n(-c6ccccc6)c5c43)c2)cc1.c1ccc(-c2cc(-c3ccccc3)cc(C3c4ccccc4-c4ccc5c(c43)C(c3cc(-c4ccccc4)cc(-c4ccccc4)n3)c3ccccc3-5)c2)cc1.c1ccc(-c2cc(-c3ccccc3)nc(-n3c4ccccc4c4ccc5c6ccccc6n(-c6ccccc6)c5c43)c2)cc1. The summed E-state index contributed by atoms with van der Waals surface area (Å²) in [5.74, 6) is 0.878. The molecule has 0 fully saturated rings. The lowest BCUT2D eigenvalue weighted by molar-refractivity contribution is 0.906. The molecule has 29 rings (SSSR count). The molecule has 0 spiro atoms. The molecule has 0 aliphatic heterocycles. The first-order valence-corrected chi connectivity index (χ1v) is 49.6. The molecule has 144 heavy (non-hydrogen) atoms. The van der Waals surface area contributed by atoms with E-state index in [0.717, 1.165) is 73.2 Å². The monoisotopic (exact) mass is 1830 g/mol. The third-order valence-corrected chi connectivity index (χ3v) is 29.4. The molecular formula is C138H92N6. The van der Waals surface area contributed by atoms with Crippen LogP contribution in [-0.4, -0.2) is 28.2 Å². The molecule has 6 aromatic heterocycles. The molecule has 0 saturated carbocycles. The zero-order valence-electron chi connectivity index (χ0n) is 78.8. The average Bonchev–Trinajstić information content (AvgIpc) is 1.55. The largest absolute Gasteiger partial charge is 0.307 e. The van der Waals surface area contributed by atoms with Gasteiger partial charge in [0.2, 0.25) is 0 Å². The number of nitrogens with zero attached hydrogens (tertiary/aromatic N) is 6. The summed E-state index contributed by atoms with van der Waals surface area (Å²) in [4.78, 5) is 11.0. The van der Waals surface area contributed by atoms with E-state index in [2.05, 4.69) is 564 Å². The molecule has 674 valence electrons. The first kappa shape index (κ1) is 84.4. The standard InChI is InChI=1S/C55H37N.C42H28N2.C41H27N3/c1-5-17-36(18-6-1)40-31-41(37-19-7-2-8-20-37)33-43(32-40)52-46-27-15-13-25-44(46)48-29-30-49-45-26-14-16-28-47(45)53(55(49)54(48)52)51-35-42(38-21-9-3-10-22-38)34-50(56-51)39-23-11-4-12-24-39;1-4-14-29(15-5-1)31-26-32(30-16-6-2-7-17-30)28-34(27-31)44-40-23-13-11-21-36(40)38-25-24-37-35-20-10-12-22-39(35)43(41(37)42(38)44)33-18-8-3-9-19-33;1-4-14-28(15-5-1)30-26-36(29-16-6-2-7-17-29)42-39(27-30)44-38-23-13-11-21-33(38)35-25-24-34-32-20-10-12-22-37(32)43(40(34)41(35)44)31-18-8-3-9-19-31/h1-35,52-53H;1-28H;1-27H. The van der Waals surface area contributed by atoms with E-state index in [1.165, 1.54) is 182 Å². The Bertz CT molecular complexity index is 8800. The third kappa shape index (κ3) is 14.6. The maximum Gasteiger partial charge on any atom is 0.138 e. The number of pyridine rings is 2. The second-order valence-electron chi connectivity index (χ2n) is 37.6. The van der Waals surface area contributed by atoms with Crippen molar-refractivity contribution in [1.29, 1.82) is 0 Å². The predicted molar refractivity (Wildman–Crippen MR) is 601 cm³/mol. The highest BCUT2D eigenvalue weighted by Crippen LogP contribution is 2.60. The van der Waals surface area contributed by atoms with Crippen LogP contribution >= 0.6 is 0 Å². The first-order chi connectivity index (χ1) is 71.5. The van der Waals surface area contributed by atoms with Gasteiger partial charge in [-0.05, 0) is 214 Å². The smallest absolute Gasteiger partial charge is 0.138 e. The van der Waals surface area contributed by atoms with Crippen molar-refractivity contribution in [2.75, 3.05) is 0 Å². The molecular weight excluding hydrogens is 1740 g/mol. The van der Waals surface area contributed by atoms with Crippen molar-refractivity contribution in [2.24, 2.45) is 0 Å². The van der Waals surface area contributed by atoms with Gasteiger partial charge >= 0.3 is 0 Å². The van der Waals surface area contributed by atoms with Gasteiger partial charge < -0.3 is 13.7 Å². The maximum atomic E-state index is 5.59. The van der Waals surface area contributed by atoms with Gasteiger partial charge in [0.15, 0.2) is 0 Å². The van der Waals surface area contributed by atoms with E-state index in [9.17, 15) is 0 Å². The highest BCUT2D eigenvalue weighted by molar-refractivity contribution is 6.26. The van der Waals surface area contributed by atoms with Crippen LogP contribution < -0.4 is 0 Å². The van der Waals surface area contributed by atoms with Gasteiger partial charge in [-0.15, -0.1) is 0 Å². The Labute approximate surface area is 835 Å². The minimum atomic E-state index is -0.0509.